The first-order valence-corrected chi connectivity index (χ1v) is 13.4. The van der Waals surface area contributed by atoms with E-state index >= 15 is 0 Å². The second-order valence-electron chi connectivity index (χ2n) is 9.37. The average Bonchev–Trinajstić information content (AvgIpc) is 2.76. The van der Waals surface area contributed by atoms with E-state index in [4.69, 9.17) is 5.14 Å². The number of phenols is 1. The number of hydrogen-bond donors (Lipinski definition) is 4. The van der Waals surface area contributed by atoms with E-state index in [2.05, 4.69) is 29.9 Å². The molecule has 0 heterocycles. The first-order valence-electron chi connectivity index (χ1n) is 11.6. The fourth-order valence-electron chi connectivity index (χ4n) is 5.65. The minimum absolute atomic E-state index is 0.0419. The molecule has 32 heavy (non-hydrogen) atoms. The van der Waals surface area contributed by atoms with E-state index in [1.54, 1.807) is 0 Å². The molecule has 2 aromatic rings. The Bertz CT molecular complexity index is 1000. The van der Waals surface area contributed by atoms with Crippen molar-refractivity contribution in [1.82, 2.24) is 5.32 Å². The summed E-state index contributed by atoms with van der Waals surface area (Å²) in [4.78, 5) is 0.595. The van der Waals surface area contributed by atoms with E-state index in [9.17, 15) is 9.32 Å². The van der Waals surface area contributed by atoms with Crippen LogP contribution in [0, 0.1) is 5.92 Å². The molecule has 0 spiro atoms. The van der Waals surface area contributed by atoms with Gasteiger partial charge in [-0.1, -0.05) is 44.4 Å². The molecule has 2 bridgehead atoms. The van der Waals surface area contributed by atoms with Crippen molar-refractivity contribution in [2.45, 2.75) is 68.2 Å². The molecule has 0 radical (unpaired) electrons. The Labute approximate surface area is 193 Å². The van der Waals surface area contributed by atoms with Gasteiger partial charge in [-0.15, -0.1) is 0 Å². The Morgan fingerprint density at radius 3 is 2.56 bits per heavy atom. The number of fused-ring (bicyclic) bond motifs is 4. The molecule has 0 aliphatic heterocycles. The van der Waals surface area contributed by atoms with Gasteiger partial charge in [0.2, 0.25) is 0 Å². The molecular weight excluding hydrogens is 418 g/mol. The molecule has 0 aromatic heterocycles. The minimum Gasteiger partial charge on any atom is -0.508 e. The van der Waals surface area contributed by atoms with Gasteiger partial charge < -0.3 is 16.2 Å². The zero-order valence-corrected chi connectivity index (χ0v) is 20.3. The molecule has 6 heteroatoms. The van der Waals surface area contributed by atoms with Crippen LogP contribution in [0.25, 0.3) is 0 Å². The first-order chi connectivity index (χ1) is 15.3. The minimum atomic E-state index is -2.65. The van der Waals surface area contributed by atoms with Crippen LogP contribution < -0.4 is 16.2 Å². The molecule has 0 saturated heterocycles. The van der Waals surface area contributed by atoms with E-state index in [-0.39, 0.29) is 5.41 Å². The normalized spacial score (nSPS) is 26.5. The lowest BCUT2D eigenvalue weighted by Crippen LogP contribution is -2.55. The monoisotopic (exact) mass is 457 g/mol. The van der Waals surface area contributed by atoms with Crippen molar-refractivity contribution in [2.75, 3.05) is 13.6 Å². The maximum absolute atomic E-state index is 11.9. The SMILES string of the molecule is C=S(N)(=O)c1ccc(CCN[C@@H]2[C@H]3CCCCCC2(C)c2cc(O)ccc2C3)cc1.CN. The van der Waals surface area contributed by atoms with Crippen LogP contribution in [0.2, 0.25) is 0 Å². The Morgan fingerprint density at radius 2 is 1.88 bits per heavy atom. The maximum Gasteiger partial charge on any atom is 0.115 e. The molecule has 176 valence electrons. The summed E-state index contributed by atoms with van der Waals surface area (Å²) < 4.78 is 11.9. The molecule has 2 aliphatic rings. The van der Waals surface area contributed by atoms with Crippen LogP contribution in [0.4, 0.5) is 0 Å². The molecule has 5 nitrogen and oxygen atoms in total. The van der Waals surface area contributed by atoms with Crippen molar-refractivity contribution in [3.8, 4) is 5.75 Å². The summed E-state index contributed by atoms with van der Waals surface area (Å²) in [5, 5.41) is 19.7. The fourth-order valence-corrected chi connectivity index (χ4v) is 6.24. The predicted molar refractivity (Wildman–Crippen MR) is 136 cm³/mol. The van der Waals surface area contributed by atoms with Crippen molar-refractivity contribution in [3.05, 3.63) is 59.2 Å². The van der Waals surface area contributed by atoms with Crippen LogP contribution in [0.3, 0.4) is 0 Å². The van der Waals surface area contributed by atoms with Gasteiger partial charge in [0, 0.05) is 16.4 Å². The highest BCUT2D eigenvalue weighted by molar-refractivity contribution is 7.98. The fraction of sp³-hybridized carbons (Fsp3) is 0.500. The second-order valence-corrected chi connectivity index (χ2v) is 11.3. The molecular formula is C26H39N3O2S. The molecule has 2 aliphatic carbocycles. The first kappa shape index (κ1) is 24.8. The summed E-state index contributed by atoms with van der Waals surface area (Å²) in [7, 11) is -1.15. The van der Waals surface area contributed by atoms with Gasteiger partial charge in [-0.3, -0.25) is 5.14 Å². The number of nitrogens with one attached hydrogen (secondary N) is 1. The van der Waals surface area contributed by atoms with Crippen LogP contribution in [0.15, 0.2) is 47.4 Å². The zero-order valence-electron chi connectivity index (χ0n) is 19.5. The Morgan fingerprint density at radius 1 is 1.16 bits per heavy atom. The van der Waals surface area contributed by atoms with Crippen molar-refractivity contribution < 1.29 is 9.32 Å². The highest BCUT2D eigenvalue weighted by atomic mass is 32.2. The topological polar surface area (TPSA) is 101 Å². The van der Waals surface area contributed by atoms with E-state index in [0.29, 0.717) is 22.6 Å². The molecule has 4 atom stereocenters. The Kier molecular flexibility index (Phi) is 8.04. The molecule has 0 amide bonds. The van der Waals surface area contributed by atoms with Crippen molar-refractivity contribution >= 4 is 15.6 Å². The number of hydrogen-bond acceptors (Lipinski definition) is 4. The zero-order chi connectivity index (χ0) is 23.4. The third-order valence-corrected chi connectivity index (χ3v) is 8.29. The van der Waals surface area contributed by atoms with E-state index < -0.39 is 9.71 Å². The Balaban J connectivity index is 0.00000141. The molecule has 6 N–H and O–H groups in total. The van der Waals surface area contributed by atoms with Crippen LogP contribution >= 0.6 is 0 Å². The summed E-state index contributed by atoms with van der Waals surface area (Å²) in [6, 6.07) is 14.0. The van der Waals surface area contributed by atoms with Gasteiger partial charge in [0.05, 0.1) is 9.71 Å². The highest BCUT2D eigenvalue weighted by Gasteiger charge is 2.45. The summed E-state index contributed by atoms with van der Waals surface area (Å²) >= 11 is 0. The lowest BCUT2D eigenvalue weighted by atomic mass is 9.59. The second kappa shape index (κ2) is 10.4. The summed E-state index contributed by atoms with van der Waals surface area (Å²) in [5.74, 6) is 4.55. The van der Waals surface area contributed by atoms with Crippen LogP contribution in [-0.2, 0) is 28.0 Å². The van der Waals surface area contributed by atoms with Gasteiger partial charge in [-0.25, -0.2) is 4.21 Å². The largest absolute Gasteiger partial charge is 0.508 e. The number of benzene rings is 2. The lowest BCUT2D eigenvalue weighted by molar-refractivity contribution is 0.167. The van der Waals surface area contributed by atoms with Gasteiger partial charge in [-0.05, 0) is 92.0 Å². The number of nitrogens with two attached hydrogens (primary N) is 2. The van der Waals surface area contributed by atoms with Gasteiger partial charge >= 0.3 is 0 Å². The molecule has 2 unspecified atom stereocenters. The Hall–Kier alpha value is -1.86. The average molecular weight is 458 g/mol. The van der Waals surface area contributed by atoms with Crippen molar-refractivity contribution in [1.29, 1.82) is 0 Å². The molecule has 2 aromatic carbocycles. The molecule has 4 rings (SSSR count). The molecule has 1 fully saturated rings. The molecule has 1 saturated carbocycles. The van der Waals surface area contributed by atoms with Gasteiger partial charge in [0.25, 0.3) is 0 Å². The van der Waals surface area contributed by atoms with Crippen LogP contribution in [-0.4, -0.2) is 34.8 Å². The maximum atomic E-state index is 11.9. The van der Waals surface area contributed by atoms with Crippen molar-refractivity contribution in [3.63, 3.8) is 0 Å². The summed E-state index contributed by atoms with van der Waals surface area (Å²) in [6.07, 6.45) is 8.26. The smallest absolute Gasteiger partial charge is 0.115 e. The number of aromatic hydroxyl groups is 1. The quantitative estimate of drug-likeness (QED) is 0.516. The van der Waals surface area contributed by atoms with E-state index in [0.717, 1.165) is 25.8 Å². The van der Waals surface area contributed by atoms with E-state index in [1.807, 2.05) is 36.4 Å². The van der Waals surface area contributed by atoms with Crippen molar-refractivity contribution in [2.24, 2.45) is 16.8 Å². The summed E-state index contributed by atoms with van der Waals surface area (Å²) in [5.41, 5.74) is 8.49. The van der Waals surface area contributed by atoms with Crippen LogP contribution in [0.1, 0.15) is 55.7 Å². The lowest BCUT2D eigenvalue weighted by Gasteiger charge is -2.49. The van der Waals surface area contributed by atoms with Gasteiger partial charge in [-0.2, -0.15) is 0 Å². The number of phenolic OH excluding ortho intramolecular Hbond substituents is 1. The highest BCUT2D eigenvalue weighted by Crippen LogP contribution is 2.47. The van der Waals surface area contributed by atoms with E-state index in [1.165, 1.54) is 49.4 Å². The standard InChI is InChI=1S/C25H34N2O2S.CH5N/c1-25-14-5-3-4-6-20(16-19-9-10-21(28)17-23(19)25)24(25)27-15-13-18-7-11-22(12-8-18)30(2,26)29;1-2/h7-12,17,20,24,27-28H,2-6,13-16H2,1H3,(H2,26,29);2H2,1H3/t20-,24+,25?,30?;/m0./s1. The van der Waals surface area contributed by atoms with Gasteiger partial charge in [0.15, 0.2) is 0 Å². The predicted octanol–water partition coefficient (Wildman–Crippen LogP) is 3.51. The third kappa shape index (κ3) is 5.37. The van der Waals surface area contributed by atoms with Gasteiger partial charge in [0.1, 0.15) is 5.75 Å². The summed E-state index contributed by atoms with van der Waals surface area (Å²) in [6.45, 7) is 3.29. The number of rotatable bonds is 5. The third-order valence-electron chi connectivity index (χ3n) is 7.22. The van der Waals surface area contributed by atoms with Crippen LogP contribution in [0.5, 0.6) is 5.75 Å².